The van der Waals surface area contributed by atoms with Crippen LogP contribution in [0.1, 0.15) is 5.56 Å². The molecule has 0 bridgehead atoms. The van der Waals surface area contributed by atoms with Gasteiger partial charge in [0.05, 0.1) is 17.3 Å². The second kappa shape index (κ2) is 6.30. The maximum atomic E-state index is 9.92. The van der Waals surface area contributed by atoms with Gasteiger partial charge >= 0.3 is 0 Å². The second-order valence-corrected chi connectivity index (χ2v) is 5.66. The van der Waals surface area contributed by atoms with Crippen LogP contribution in [0.3, 0.4) is 0 Å². The molecule has 0 unspecified atom stereocenters. The third-order valence-corrected chi connectivity index (χ3v) is 4.04. The molecule has 0 aliphatic carbocycles. The highest BCUT2D eigenvalue weighted by Crippen LogP contribution is 2.30. The lowest BCUT2D eigenvalue weighted by atomic mass is 10.2. The van der Waals surface area contributed by atoms with Crippen molar-refractivity contribution in [3.63, 3.8) is 0 Å². The Hall–Kier alpha value is -1.20. The number of hydrogen-bond acceptors (Lipinski definition) is 3. The number of halogens is 2. The number of ether oxygens (including phenoxy) is 1. The maximum absolute atomic E-state index is 9.92. The van der Waals surface area contributed by atoms with Gasteiger partial charge < -0.3 is 15.2 Å². The minimum atomic E-state index is 0.258. The van der Waals surface area contributed by atoms with Crippen LogP contribution in [0.25, 0.3) is 0 Å². The molecule has 0 radical (unpaired) electrons. The zero-order valence-electron chi connectivity index (χ0n) is 10.3. The normalized spacial score (nSPS) is 10.3. The topological polar surface area (TPSA) is 41.5 Å². The molecule has 0 aromatic heterocycles. The number of para-hydroxylation sites is 1. The van der Waals surface area contributed by atoms with Crippen molar-refractivity contribution in [2.24, 2.45) is 0 Å². The zero-order chi connectivity index (χ0) is 13.8. The fourth-order valence-corrected chi connectivity index (χ4v) is 2.45. The van der Waals surface area contributed by atoms with Crippen molar-refractivity contribution in [1.82, 2.24) is 0 Å². The summed E-state index contributed by atoms with van der Waals surface area (Å²) in [6.45, 7) is 0.525. The van der Waals surface area contributed by atoms with Crippen molar-refractivity contribution in [3.05, 3.63) is 50.9 Å². The molecule has 100 valence electrons. The molecule has 0 amide bonds. The maximum Gasteiger partial charge on any atom is 0.134 e. The molecule has 0 fully saturated rings. The summed E-state index contributed by atoms with van der Waals surface area (Å²) in [6.07, 6.45) is 0. The third kappa shape index (κ3) is 3.42. The molecule has 19 heavy (non-hydrogen) atoms. The highest BCUT2D eigenvalue weighted by molar-refractivity contribution is 9.11. The highest BCUT2D eigenvalue weighted by atomic mass is 79.9. The molecule has 2 aromatic carbocycles. The number of aromatic hydroxyl groups is 1. The van der Waals surface area contributed by atoms with Gasteiger partial charge in [-0.05, 0) is 50.1 Å². The van der Waals surface area contributed by atoms with Gasteiger partial charge in [0, 0.05) is 22.6 Å². The molecule has 0 saturated heterocycles. The first-order valence-electron chi connectivity index (χ1n) is 5.65. The fraction of sp³-hybridized carbons (Fsp3) is 0.143. The van der Waals surface area contributed by atoms with Gasteiger partial charge in [-0.3, -0.25) is 0 Å². The van der Waals surface area contributed by atoms with E-state index in [1.165, 1.54) is 0 Å². The number of phenols is 1. The Labute approximate surface area is 128 Å². The van der Waals surface area contributed by atoms with Crippen LogP contribution in [-0.2, 0) is 6.54 Å². The molecule has 2 N–H and O–H groups in total. The van der Waals surface area contributed by atoms with Crippen LogP contribution < -0.4 is 10.1 Å². The monoisotopic (exact) mass is 385 g/mol. The van der Waals surface area contributed by atoms with Gasteiger partial charge in [0.15, 0.2) is 0 Å². The first-order chi connectivity index (χ1) is 9.11. The summed E-state index contributed by atoms with van der Waals surface area (Å²) >= 11 is 6.78. The van der Waals surface area contributed by atoms with Crippen molar-refractivity contribution in [3.8, 4) is 11.5 Å². The number of rotatable bonds is 4. The van der Waals surface area contributed by atoms with Gasteiger partial charge in [0.1, 0.15) is 11.5 Å². The molecule has 0 spiro atoms. The highest BCUT2D eigenvalue weighted by Gasteiger charge is 2.06. The van der Waals surface area contributed by atoms with Gasteiger partial charge in [-0.1, -0.05) is 12.1 Å². The van der Waals surface area contributed by atoms with Gasteiger partial charge in [-0.15, -0.1) is 0 Å². The quantitative estimate of drug-likeness (QED) is 0.810. The van der Waals surface area contributed by atoms with Gasteiger partial charge in [-0.2, -0.15) is 0 Å². The first kappa shape index (κ1) is 14.2. The first-order valence-corrected chi connectivity index (χ1v) is 7.24. The second-order valence-electron chi connectivity index (χ2n) is 3.95. The van der Waals surface area contributed by atoms with Crippen LogP contribution >= 0.6 is 31.9 Å². The summed E-state index contributed by atoms with van der Waals surface area (Å²) in [5.74, 6) is 1.04. The summed E-state index contributed by atoms with van der Waals surface area (Å²) in [4.78, 5) is 0. The summed E-state index contributed by atoms with van der Waals surface area (Å²) in [7, 11) is 1.63. The van der Waals surface area contributed by atoms with Crippen molar-refractivity contribution in [2.45, 2.75) is 6.54 Å². The Morgan fingerprint density at radius 2 is 1.95 bits per heavy atom. The number of anilines is 1. The molecule has 0 aliphatic heterocycles. The SMILES string of the molecule is COc1ccc(Br)c(NCc2cccc(Br)c2O)c1. The van der Waals surface area contributed by atoms with E-state index in [0.29, 0.717) is 11.0 Å². The van der Waals surface area contributed by atoms with Crippen molar-refractivity contribution < 1.29 is 9.84 Å². The van der Waals surface area contributed by atoms with E-state index in [1.54, 1.807) is 13.2 Å². The zero-order valence-corrected chi connectivity index (χ0v) is 13.5. The molecule has 2 aromatic rings. The lowest BCUT2D eigenvalue weighted by molar-refractivity contribution is 0.415. The number of hydrogen-bond donors (Lipinski definition) is 2. The Balaban J connectivity index is 2.16. The van der Waals surface area contributed by atoms with Crippen LogP contribution in [0.4, 0.5) is 5.69 Å². The van der Waals surface area contributed by atoms with E-state index in [0.717, 1.165) is 21.5 Å². The third-order valence-electron chi connectivity index (χ3n) is 2.71. The minimum absolute atomic E-state index is 0.258. The van der Waals surface area contributed by atoms with Gasteiger partial charge in [0.2, 0.25) is 0 Å². The molecular weight excluding hydrogens is 374 g/mol. The van der Waals surface area contributed by atoms with E-state index in [1.807, 2.05) is 30.3 Å². The summed E-state index contributed by atoms with van der Waals surface area (Å²) in [5, 5.41) is 13.2. The average molecular weight is 387 g/mol. The number of nitrogens with one attached hydrogen (secondary N) is 1. The van der Waals surface area contributed by atoms with Crippen LogP contribution in [-0.4, -0.2) is 12.2 Å². The molecule has 0 atom stereocenters. The molecule has 0 heterocycles. The lowest BCUT2D eigenvalue weighted by Gasteiger charge is -2.12. The van der Waals surface area contributed by atoms with Gasteiger partial charge in [0.25, 0.3) is 0 Å². The molecule has 0 saturated carbocycles. The van der Waals surface area contributed by atoms with Crippen LogP contribution in [0.5, 0.6) is 11.5 Å². The standard InChI is InChI=1S/C14H13Br2NO2/c1-19-10-5-6-11(15)13(7-10)17-8-9-3-2-4-12(16)14(9)18/h2-7,17-18H,8H2,1H3. The van der Waals surface area contributed by atoms with E-state index in [-0.39, 0.29) is 5.75 Å². The molecule has 2 rings (SSSR count). The lowest BCUT2D eigenvalue weighted by Crippen LogP contribution is -2.01. The largest absolute Gasteiger partial charge is 0.506 e. The Bertz CT molecular complexity index is 588. The number of methoxy groups -OCH3 is 1. The van der Waals surface area contributed by atoms with Crippen molar-refractivity contribution in [1.29, 1.82) is 0 Å². The van der Waals surface area contributed by atoms with E-state index in [9.17, 15) is 5.11 Å². The summed E-state index contributed by atoms with van der Waals surface area (Å²) in [5.41, 5.74) is 1.74. The Morgan fingerprint density at radius 1 is 1.16 bits per heavy atom. The van der Waals surface area contributed by atoms with E-state index < -0.39 is 0 Å². The van der Waals surface area contributed by atoms with Crippen LogP contribution in [0.15, 0.2) is 45.3 Å². The van der Waals surface area contributed by atoms with Crippen molar-refractivity contribution >= 4 is 37.5 Å². The van der Waals surface area contributed by atoms with Crippen LogP contribution in [0, 0.1) is 0 Å². The van der Waals surface area contributed by atoms with Crippen LogP contribution in [0.2, 0.25) is 0 Å². The molecular formula is C14H13Br2NO2. The number of phenolic OH excluding ortho intramolecular Hbond substituents is 1. The number of benzene rings is 2. The molecule has 3 nitrogen and oxygen atoms in total. The predicted octanol–water partition coefficient (Wildman–Crippen LogP) is 4.54. The van der Waals surface area contributed by atoms with E-state index >= 15 is 0 Å². The molecule has 0 aliphatic rings. The predicted molar refractivity (Wildman–Crippen MR) is 83.8 cm³/mol. The smallest absolute Gasteiger partial charge is 0.134 e. The van der Waals surface area contributed by atoms with Crippen molar-refractivity contribution in [2.75, 3.05) is 12.4 Å². The minimum Gasteiger partial charge on any atom is -0.506 e. The van der Waals surface area contributed by atoms with Gasteiger partial charge in [-0.25, -0.2) is 0 Å². The average Bonchev–Trinajstić information content (AvgIpc) is 2.42. The Kier molecular flexibility index (Phi) is 4.71. The Morgan fingerprint density at radius 3 is 2.68 bits per heavy atom. The summed E-state index contributed by atoms with van der Waals surface area (Å²) < 4.78 is 6.83. The molecule has 5 heteroatoms. The van der Waals surface area contributed by atoms with E-state index in [4.69, 9.17) is 4.74 Å². The van der Waals surface area contributed by atoms with E-state index in [2.05, 4.69) is 37.2 Å². The summed E-state index contributed by atoms with van der Waals surface area (Å²) in [6, 6.07) is 11.3. The fourth-order valence-electron chi connectivity index (χ4n) is 1.66.